The van der Waals surface area contributed by atoms with Crippen molar-refractivity contribution in [2.24, 2.45) is 4.99 Å². The summed E-state index contributed by atoms with van der Waals surface area (Å²) in [5.74, 6) is 0.211. The molecule has 2 N–H and O–H groups in total. The van der Waals surface area contributed by atoms with E-state index in [1.807, 2.05) is 6.92 Å². The van der Waals surface area contributed by atoms with Crippen molar-refractivity contribution in [3.05, 3.63) is 35.6 Å². The van der Waals surface area contributed by atoms with Gasteiger partial charge in [0.15, 0.2) is 5.96 Å². The van der Waals surface area contributed by atoms with Crippen molar-refractivity contribution in [1.29, 1.82) is 0 Å². The number of halogens is 4. The number of hydrogen-bond acceptors (Lipinski definition) is 3. The Hall–Kier alpha value is -1.88. The first-order chi connectivity index (χ1) is 13.1. The fourth-order valence-corrected chi connectivity index (χ4v) is 3.83. The summed E-state index contributed by atoms with van der Waals surface area (Å²) in [6.45, 7) is 2.53. The van der Waals surface area contributed by atoms with E-state index < -0.39 is 15.5 Å². The van der Waals surface area contributed by atoms with Gasteiger partial charge in [0.2, 0.25) is 0 Å². The highest BCUT2D eigenvalue weighted by Crippen LogP contribution is 2.28. The lowest BCUT2D eigenvalue weighted by molar-refractivity contribution is -0.0494. The molecule has 1 heterocycles. The van der Waals surface area contributed by atoms with Gasteiger partial charge in [-0.25, -0.2) is 12.8 Å². The zero-order chi connectivity index (χ0) is 20.8. The van der Waals surface area contributed by atoms with Crippen molar-refractivity contribution in [3.63, 3.8) is 0 Å². The highest BCUT2D eigenvalue weighted by molar-refractivity contribution is 7.90. The maximum Gasteiger partial charge on any atom is 0.511 e. The van der Waals surface area contributed by atoms with Crippen LogP contribution in [0.2, 0.25) is 0 Å². The molecule has 1 aromatic carbocycles. The summed E-state index contributed by atoms with van der Waals surface area (Å²) in [7, 11) is -5.28. The van der Waals surface area contributed by atoms with Crippen LogP contribution in [0.1, 0.15) is 25.3 Å². The molecule has 0 radical (unpaired) electrons. The number of sulfonamides is 1. The molecule has 11 heteroatoms. The van der Waals surface area contributed by atoms with Crippen molar-refractivity contribution in [2.45, 2.75) is 37.7 Å². The third-order valence-corrected chi connectivity index (χ3v) is 5.99. The van der Waals surface area contributed by atoms with E-state index in [0.717, 1.165) is 5.56 Å². The number of guanidine groups is 1. The summed E-state index contributed by atoms with van der Waals surface area (Å²) in [6, 6.07) is 5.95. The molecule has 0 bridgehead atoms. The molecule has 1 aliphatic rings. The minimum Gasteiger partial charge on any atom is -0.357 e. The molecule has 0 aromatic heterocycles. The fourth-order valence-electron chi connectivity index (χ4n) is 2.85. The standard InChI is InChI=1S/C17H24F4N4O2S/c1-2-22-16(23-10-7-13-3-5-14(18)6-4-13)24-15-8-11-25(12-9-15)28(26,27)17(19,20)21/h3-6,15H,2,7-12H2,1H3,(H2,22,23,24). The van der Waals surface area contributed by atoms with Crippen molar-refractivity contribution in [2.75, 3.05) is 26.2 Å². The minimum absolute atomic E-state index is 0.177. The SMILES string of the molecule is CCNC(=NCCc1ccc(F)cc1)NC1CCN(S(=O)(=O)C(F)(F)F)CC1. The average Bonchev–Trinajstić information content (AvgIpc) is 2.63. The molecule has 6 nitrogen and oxygen atoms in total. The number of aliphatic imine (C=N–C) groups is 1. The Morgan fingerprint density at radius 2 is 1.82 bits per heavy atom. The molecule has 1 saturated heterocycles. The van der Waals surface area contributed by atoms with Gasteiger partial charge in [-0.1, -0.05) is 12.1 Å². The number of nitrogens with one attached hydrogen (secondary N) is 2. The molecule has 0 amide bonds. The van der Waals surface area contributed by atoms with Gasteiger partial charge in [0.05, 0.1) is 0 Å². The Kier molecular flexibility index (Phi) is 7.64. The molecular formula is C17H24F4N4O2S. The van der Waals surface area contributed by atoms with E-state index >= 15 is 0 Å². The summed E-state index contributed by atoms with van der Waals surface area (Å²) in [5, 5.41) is 6.20. The monoisotopic (exact) mass is 424 g/mol. The maximum absolute atomic E-state index is 12.9. The molecule has 158 valence electrons. The molecule has 0 saturated carbocycles. The van der Waals surface area contributed by atoms with Crippen molar-refractivity contribution < 1.29 is 26.0 Å². The molecule has 0 spiro atoms. The van der Waals surface area contributed by atoms with E-state index in [1.54, 1.807) is 12.1 Å². The third kappa shape index (κ3) is 6.06. The van der Waals surface area contributed by atoms with E-state index in [-0.39, 0.29) is 37.8 Å². The van der Waals surface area contributed by atoms with Crippen LogP contribution in [0.3, 0.4) is 0 Å². The van der Waals surface area contributed by atoms with Gasteiger partial charge in [0.1, 0.15) is 5.82 Å². The Balaban J connectivity index is 1.88. The first-order valence-corrected chi connectivity index (χ1v) is 10.4. The second-order valence-corrected chi connectivity index (χ2v) is 8.34. The maximum atomic E-state index is 12.9. The van der Waals surface area contributed by atoms with Crippen molar-refractivity contribution >= 4 is 16.0 Å². The van der Waals surface area contributed by atoms with Gasteiger partial charge in [0, 0.05) is 32.2 Å². The molecule has 1 fully saturated rings. The van der Waals surface area contributed by atoms with E-state index in [1.165, 1.54) is 12.1 Å². The summed E-state index contributed by atoms with van der Waals surface area (Å²) >= 11 is 0. The second-order valence-electron chi connectivity index (χ2n) is 6.41. The fraction of sp³-hybridized carbons (Fsp3) is 0.588. The van der Waals surface area contributed by atoms with Crippen LogP contribution in [0, 0.1) is 5.82 Å². The van der Waals surface area contributed by atoms with Gasteiger partial charge >= 0.3 is 15.5 Å². The molecule has 28 heavy (non-hydrogen) atoms. The van der Waals surface area contributed by atoms with Crippen LogP contribution in [0.15, 0.2) is 29.3 Å². The van der Waals surface area contributed by atoms with E-state index in [9.17, 15) is 26.0 Å². The Bertz CT molecular complexity index is 758. The van der Waals surface area contributed by atoms with Gasteiger partial charge in [0.25, 0.3) is 0 Å². The van der Waals surface area contributed by atoms with Crippen LogP contribution >= 0.6 is 0 Å². The number of benzene rings is 1. The predicted molar refractivity (Wildman–Crippen MR) is 98.8 cm³/mol. The van der Waals surface area contributed by atoms with Gasteiger partial charge in [-0.05, 0) is 43.9 Å². The second kappa shape index (κ2) is 9.55. The lowest BCUT2D eigenvalue weighted by Gasteiger charge is -2.32. The molecule has 2 rings (SSSR count). The predicted octanol–water partition coefficient (Wildman–Crippen LogP) is 2.24. The number of alkyl halides is 3. The van der Waals surface area contributed by atoms with Crippen LogP contribution in [0.5, 0.6) is 0 Å². The lowest BCUT2D eigenvalue weighted by atomic mass is 10.1. The number of rotatable bonds is 6. The van der Waals surface area contributed by atoms with Crippen LogP contribution in [0.4, 0.5) is 17.6 Å². The van der Waals surface area contributed by atoms with Gasteiger partial charge < -0.3 is 10.6 Å². The van der Waals surface area contributed by atoms with Gasteiger partial charge in [-0.2, -0.15) is 17.5 Å². The summed E-state index contributed by atoms with van der Waals surface area (Å²) < 4.78 is 74.2. The van der Waals surface area contributed by atoms with Crippen LogP contribution in [-0.4, -0.2) is 56.4 Å². The Morgan fingerprint density at radius 3 is 2.36 bits per heavy atom. The van der Waals surface area contributed by atoms with E-state index in [2.05, 4.69) is 15.6 Å². The average molecular weight is 424 g/mol. The number of piperidine rings is 1. The molecule has 0 aliphatic carbocycles. The lowest BCUT2D eigenvalue weighted by Crippen LogP contribution is -2.51. The largest absolute Gasteiger partial charge is 0.511 e. The molecule has 0 atom stereocenters. The number of nitrogens with zero attached hydrogens (tertiary/aromatic N) is 2. The highest BCUT2D eigenvalue weighted by atomic mass is 32.2. The van der Waals surface area contributed by atoms with Crippen LogP contribution in [0.25, 0.3) is 0 Å². The zero-order valence-corrected chi connectivity index (χ0v) is 16.3. The van der Waals surface area contributed by atoms with Gasteiger partial charge in [-0.15, -0.1) is 0 Å². The van der Waals surface area contributed by atoms with Gasteiger partial charge in [-0.3, -0.25) is 4.99 Å². The minimum atomic E-state index is -5.28. The third-order valence-electron chi connectivity index (χ3n) is 4.36. The quantitative estimate of drug-likeness (QED) is 0.417. The molecule has 1 aliphatic heterocycles. The normalized spacial score (nSPS) is 17.5. The topological polar surface area (TPSA) is 73.8 Å². The Morgan fingerprint density at radius 1 is 1.21 bits per heavy atom. The van der Waals surface area contributed by atoms with Crippen LogP contribution in [-0.2, 0) is 16.4 Å². The van der Waals surface area contributed by atoms with Crippen LogP contribution < -0.4 is 10.6 Å². The molecule has 0 unspecified atom stereocenters. The highest BCUT2D eigenvalue weighted by Gasteiger charge is 2.50. The Labute approximate surface area is 162 Å². The zero-order valence-electron chi connectivity index (χ0n) is 15.5. The summed E-state index contributed by atoms with van der Waals surface area (Å²) in [5.41, 5.74) is -4.34. The van der Waals surface area contributed by atoms with E-state index in [0.29, 0.717) is 29.8 Å². The summed E-state index contributed by atoms with van der Waals surface area (Å²) in [4.78, 5) is 4.42. The molecular weight excluding hydrogens is 400 g/mol. The van der Waals surface area contributed by atoms with E-state index in [4.69, 9.17) is 0 Å². The summed E-state index contributed by atoms with van der Waals surface area (Å²) in [6.07, 6.45) is 1.11. The van der Waals surface area contributed by atoms with Crippen molar-refractivity contribution in [1.82, 2.24) is 14.9 Å². The smallest absolute Gasteiger partial charge is 0.357 e. The first kappa shape index (κ1) is 22.4. The van der Waals surface area contributed by atoms with Crippen molar-refractivity contribution in [3.8, 4) is 0 Å². The first-order valence-electron chi connectivity index (χ1n) is 8.99. The molecule has 1 aromatic rings. The number of hydrogen-bond donors (Lipinski definition) is 2.